The molecule has 3 rings (SSSR count). The summed E-state index contributed by atoms with van der Waals surface area (Å²) in [5, 5.41) is 10.6. The Bertz CT molecular complexity index is 874. The van der Waals surface area contributed by atoms with Crippen LogP contribution in [0.1, 0.15) is 22.3 Å². The SMILES string of the molecule is O=C(OCN1C[C@@H](S)C[C@H]1C(=O)OCc1ccccc1)c1ccc([N+](=O)[O-])cc1. The minimum atomic E-state index is -0.626. The van der Waals surface area contributed by atoms with E-state index < -0.39 is 22.9 Å². The summed E-state index contributed by atoms with van der Waals surface area (Å²) in [6.45, 7) is 0.545. The first-order valence-corrected chi connectivity index (χ1v) is 9.50. The molecule has 0 spiro atoms. The van der Waals surface area contributed by atoms with E-state index in [2.05, 4.69) is 12.6 Å². The van der Waals surface area contributed by atoms with E-state index in [1.54, 1.807) is 4.90 Å². The van der Waals surface area contributed by atoms with Crippen molar-refractivity contribution in [2.45, 2.75) is 24.3 Å². The molecular weight excluding hydrogens is 396 g/mol. The van der Waals surface area contributed by atoms with Crippen molar-refractivity contribution < 1.29 is 24.0 Å². The van der Waals surface area contributed by atoms with Crippen molar-refractivity contribution in [1.29, 1.82) is 0 Å². The van der Waals surface area contributed by atoms with Gasteiger partial charge in [-0.05, 0) is 24.1 Å². The molecule has 0 saturated carbocycles. The lowest BCUT2D eigenvalue weighted by molar-refractivity contribution is -0.384. The van der Waals surface area contributed by atoms with E-state index in [4.69, 9.17) is 9.47 Å². The first-order chi connectivity index (χ1) is 13.9. The first kappa shape index (κ1) is 20.8. The fourth-order valence-electron chi connectivity index (χ4n) is 3.04. The number of nitro groups is 1. The average molecular weight is 416 g/mol. The third-order valence-corrected chi connectivity index (χ3v) is 4.93. The number of likely N-dealkylation sites (tertiary alicyclic amines) is 1. The quantitative estimate of drug-likeness (QED) is 0.321. The zero-order valence-corrected chi connectivity index (χ0v) is 16.4. The van der Waals surface area contributed by atoms with Crippen LogP contribution in [0.3, 0.4) is 0 Å². The molecule has 2 aromatic rings. The molecule has 152 valence electrons. The summed E-state index contributed by atoms with van der Waals surface area (Å²) < 4.78 is 10.7. The largest absolute Gasteiger partial charge is 0.460 e. The number of nitrogens with zero attached hydrogens (tertiary/aromatic N) is 2. The Hall–Kier alpha value is -2.91. The molecule has 8 nitrogen and oxygen atoms in total. The standard InChI is InChI=1S/C20H20N2O6S/c23-19(15-6-8-16(9-7-15)22(25)26)28-13-21-11-17(29)10-18(21)20(24)27-12-14-4-2-1-3-5-14/h1-9,17-18,29H,10-13H2/t17-,18-/m0/s1. The number of esters is 2. The molecule has 0 unspecified atom stereocenters. The highest BCUT2D eigenvalue weighted by molar-refractivity contribution is 7.81. The number of non-ortho nitro benzene ring substituents is 1. The van der Waals surface area contributed by atoms with E-state index >= 15 is 0 Å². The fraction of sp³-hybridized carbons (Fsp3) is 0.300. The summed E-state index contributed by atoms with van der Waals surface area (Å²) in [6, 6.07) is 13.9. The van der Waals surface area contributed by atoms with Crippen molar-refractivity contribution in [1.82, 2.24) is 4.90 Å². The van der Waals surface area contributed by atoms with Crippen LogP contribution in [0.25, 0.3) is 0 Å². The van der Waals surface area contributed by atoms with Gasteiger partial charge < -0.3 is 9.47 Å². The van der Waals surface area contributed by atoms with Gasteiger partial charge >= 0.3 is 11.9 Å². The second-order valence-corrected chi connectivity index (χ2v) is 7.37. The molecule has 0 bridgehead atoms. The molecule has 0 radical (unpaired) electrons. The lowest BCUT2D eigenvalue weighted by Gasteiger charge is -2.22. The number of thiol groups is 1. The molecule has 1 saturated heterocycles. The second-order valence-electron chi connectivity index (χ2n) is 6.63. The minimum absolute atomic E-state index is 0.0395. The molecule has 0 N–H and O–H groups in total. The number of carbonyl (C=O) groups excluding carboxylic acids is 2. The van der Waals surface area contributed by atoms with E-state index in [9.17, 15) is 19.7 Å². The van der Waals surface area contributed by atoms with Crippen LogP contribution in [0.2, 0.25) is 0 Å². The third kappa shape index (κ3) is 5.55. The van der Waals surface area contributed by atoms with Gasteiger partial charge in [0.05, 0.1) is 10.5 Å². The van der Waals surface area contributed by atoms with Gasteiger partial charge in [-0.25, -0.2) is 4.79 Å². The molecular formula is C20H20N2O6S. The van der Waals surface area contributed by atoms with Crippen molar-refractivity contribution in [3.8, 4) is 0 Å². The lowest BCUT2D eigenvalue weighted by Crippen LogP contribution is -2.39. The molecule has 29 heavy (non-hydrogen) atoms. The Labute approximate surface area is 173 Å². The summed E-state index contributed by atoms with van der Waals surface area (Å²) in [4.78, 5) is 36.5. The van der Waals surface area contributed by atoms with Gasteiger partial charge in [0.2, 0.25) is 0 Å². The van der Waals surface area contributed by atoms with Crippen molar-refractivity contribution in [2.75, 3.05) is 13.3 Å². The number of hydrogen-bond donors (Lipinski definition) is 1. The maximum absolute atomic E-state index is 12.5. The highest BCUT2D eigenvalue weighted by Crippen LogP contribution is 2.23. The van der Waals surface area contributed by atoms with Crippen LogP contribution in [0.5, 0.6) is 0 Å². The van der Waals surface area contributed by atoms with E-state index in [1.165, 1.54) is 24.3 Å². The van der Waals surface area contributed by atoms with Crippen molar-refractivity contribution in [3.63, 3.8) is 0 Å². The highest BCUT2D eigenvalue weighted by atomic mass is 32.1. The zero-order chi connectivity index (χ0) is 20.8. The van der Waals surface area contributed by atoms with Crippen molar-refractivity contribution in [3.05, 3.63) is 75.8 Å². The van der Waals surface area contributed by atoms with Crippen LogP contribution in [0, 0.1) is 10.1 Å². The number of ether oxygens (including phenoxy) is 2. The van der Waals surface area contributed by atoms with E-state index in [-0.39, 0.29) is 29.8 Å². The summed E-state index contributed by atoms with van der Waals surface area (Å²) in [5.74, 6) is -1.02. The summed E-state index contributed by atoms with van der Waals surface area (Å²) >= 11 is 4.43. The molecule has 0 aliphatic carbocycles. The summed E-state index contributed by atoms with van der Waals surface area (Å²) in [7, 11) is 0. The minimum Gasteiger partial charge on any atom is -0.460 e. The molecule has 0 amide bonds. The van der Waals surface area contributed by atoms with Gasteiger partial charge in [0.1, 0.15) is 19.4 Å². The molecule has 0 aromatic heterocycles. The van der Waals surface area contributed by atoms with Crippen LogP contribution in [-0.4, -0.2) is 46.3 Å². The fourth-order valence-corrected chi connectivity index (χ4v) is 3.45. The number of rotatable bonds is 7. The summed E-state index contributed by atoms with van der Waals surface area (Å²) in [6.07, 6.45) is 0.492. The van der Waals surface area contributed by atoms with Gasteiger partial charge in [0, 0.05) is 23.9 Å². The van der Waals surface area contributed by atoms with Crippen molar-refractivity contribution >= 4 is 30.3 Å². The van der Waals surface area contributed by atoms with Gasteiger partial charge in [-0.3, -0.25) is 19.8 Å². The maximum atomic E-state index is 12.5. The van der Waals surface area contributed by atoms with Gasteiger partial charge in [-0.15, -0.1) is 0 Å². The van der Waals surface area contributed by atoms with Gasteiger partial charge in [0.15, 0.2) is 0 Å². The van der Waals surface area contributed by atoms with Crippen LogP contribution in [0.4, 0.5) is 5.69 Å². The van der Waals surface area contributed by atoms with E-state index in [0.717, 1.165) is 5.56 Å². The predicted molar refractivity (Wildman–Crippen MR) is 108 cm³/mol. The monoisotopic (exact) mass is 416 g/mol. The second kappa shape index (κ2) is 9.53. The lowest BCUT2D eigenvalue weighted by atomic mass is 10.2. The molecule has 1 heterocycles. The smallest absolute Gasteiger partial charge is 0.339 e. The Morgan fingerprint density at radius 3 is 2.45 bits per heavy atom. The maximum Gasteiger partial charge on any atom is 0.339 e. The van der Waals surface area contributed by atoms with Crippen LogP contribution >= 0.6 is 12.6 Å². The van der Waals surface area contributed by atoms with E-state index in [0.29, 0.717) is 13.0 Å². The highest BCUT2D eigenvalue weighted by Gasteiger charge is 2.37. The Morgan fingerprint density at radius 2 is 1.79 bits per heavy atom. The molecule has 1 aliphatic heterocycles. The molecule has 1 fully saturated rings. The van der Waals surface area contributed by atoms with Crippen LogP contribution in [0.15, 0.2) is 54.6 Å². The van der Waals surface area contributed by atoms with Crippen LogP contribution < -0.4 is 0 Å². The number of nitro benzene ring substituents is 1. The normalized spacial score (nSPS) is 18.9. The Morgan fingerprint density at radius 1 is 1.10 bits per heavy atom. The predicted octanol–water partition coefficient (Wildman–Crippen LogP) is 2.83. The number of carbonyl (C=O) groups is 2. The average Bonchev–Trinajstić information content (AvgIpc) is 3.11. The Kier molecular flexibility index (Phi) is 6.84. The number of hydrogen-bond acceptors (Lipinski definition) is 8. The van der Waals surface area contributed by atoms with Gasteiger partial charge in [-0.2, -0.15) is 12.6 Å². The molecule has 1 aliphatic rings. The zero-order valence-electron chi connectivity index (χ0n) is 15.5. The Balaban J connectivity index is 1.54. The third-order valence-electron chi connectivity index (χ3n) is 4.55. The first-order valence-electron chi connectivity index (χ1n) is 8.98. The molecule has 2 atom stereocenters. The van der Waals surface area contributed by atoms with Gasteiger partial charge in [0.25, 0.3) is 5.69 Å². The molecule has 9 heteroatoms. The van der Waals surface area contributed by atoms with Crippen LogP contribution in [-0.2, 0) is 20.9 Å². The number of benzene rings is 2. The topological polar surface area (TPSA) is 99.0 Å². The van der Waals surface area contributed by atoms with E-state index in [1.807, 2.05) is 30.3 Å². The molecule has 2 aromatic carbocycles. The van der Waals surface area contributed by atoms with Gasteiger partial charge in [-0.1, -0.05) is 30.3 Å². The van der Waals surface area contributed by atoms with Crippen molar-refractivity contribution in [2.24, 2.45) is 0 Å². The summed E-state index contributed by atoms with van der Waals surface area (Å²) in [5.41, 5.74) is 0.970.